The van der Waals surface area contributed by atoms with Crippen LogP contribution in [0.3, 0.4) is 0 Å². The van der Waals surface area contributed by atoms with Crippen LogP contribution in [0.25, 0.3) is 0 Å². The maximum absolute atomic E-state index is 3.97. The third-order valence-electron chi connectivity index (χ3n) is 1.60. The van der Waals surface area contributed by atoms with Gasteiger partial charge in [0, 0.05) is 12.1 Å². The fraction of sp³-hybridized carbons (Fsp3) is 0.857. The van der Waals surface area contributed by atoms with E-state index in [-0.39, 0.29) is 0 Å². The average molecular weight is 156 g/mol. The molecule has 1 aliphatic heterocycles. The summed E-state index contributed by atoms with van der Waals surface area (Å²) in [5, 5.41) is 8.04. The number of rotatable bonds is 2. The van der Waals surface area contributed by atoms with Crippen molar-refractivity contribution in [2.24, 2.45) is 5.10 Å². The summed E-state index contributed by atoms with van der Waals surface area (Å²) in [6, 6.07) is 0.885. The summed E-state index contributed by atoms with van der Waals surface area (Å²) in [4.78, 5) is 0. The maximum Gasteiger partial charge on any atom is 0.129 e. The molecule has 1 heterocycles. The Labute approximate surface area is 67.8 Å². The Hall–Kier alpha value is -0.770. The highest BCUT2D eigenvalue weighted by Crippen LogP contribution is 2.07. The Bertz CT molecular complexity index is 153. The second kappa shape index (κ2) is 3.09. The van der Waals surface area contributed by atoms with Crippen LogP contribution in [0.5, 0.6) is 0 Å². The Kier molecular flexibility index (Phi) is 2.34. The van der Waals surface area contributed by atoms with E-state index in [4.69, 9.17) is 0 Å². The number of hydrogen-bond acceptors (Lipinski definition) is 4. The molecule has 0 atom stereocenters. The monoisotopic (exact) mass is 156 g/mol. The molecular formula is C7H16N4. The minimum Gasteiger partial charge on any atom is -0.272 e. The van der Waals surface area contributed by atoms with Crippen molar-refractivity contribution in [3.8, 4) is 0 Å². The summed E-state index contributed by atoms with van der Waals surface area (Å²) >= 11 is 0. The van der Waals surface area contributed by atoms with Gasteiger partial charge in [-0.3, -0.25) is 5.01 Å². The van der Waals surface area contributed by atoms with Crippen LogP contribution in [-0.4, -0.2) is 28.5 Å². The van der Waals surface area contributed by atoms with E-state index in [1.165, 1.54) is 0 Å². The molecule has 1 rings (SSSR count). The van der Waals surface area contributed by atoms with Crippen molar-refractivity contribution in [1.82, 2.24) is 15.7 Å². The van der Waals surface area contributed by atoms with Crippen molar-refractivity contribution in [1.29, 1.82) is 0 Å². The van der Waals surface area contributed by atoms with Gasteiger partial charge in [0.15, 0.2) is 0 Å². The van der Waals surface area contributed by atoms with E-state index >= 15 is 0 Å². The van der Waals surface area contributed by atoms with E-state index in [0.717, 1.165) is 0 Å². The quantitative estimate of drug-likeness (QED) is 0.641. The van der Waals surface area contributed by atoms with E-state index in [2.05, 4.69) is 43.3 Å². The molecule has 64 valence electrons. The molecule has 11 heavy (non-hydrogen) atoms. The number of nitrogens with zero attached hydrogens (tertiary/aromatic N) is 3. The standard InChI is InChI=1S/C7H16N4/c1-6(2)10-5-8-9-11(10)7(3)4/h5-7,9H,1-4H3. The minimum absolute atomic E-state index is 0.430. The van der Waals surface area contributed by atoms with Gasteiger partial charge in [-0.15, -0.1) is 5.12 Å². The molecule has 4 nitrogen and oxygen atoms in total. The minimum atomic E-state index is 0.430. The molecular weight excluding hydrogens is 140 g/mol. The van der Waals surface area contributed by atoms with Crippen LogP contribution < -0.4 is 5.53 Å². The Morgan fingerprint density at radius 1 is 1.18 bits per heavy atom. The highest BCUT2D eigenvalue weighted by molar-refractivity contribution is 5.55. The molecule has 0 aliphatic carbocycles. The van der Waals surface area contributed by atoms with Gasteiger partial charge in [-0.05, 0) is 27.7 Å². The normalized spacial score (nSPS) is 18.5. The zero-order valence-corrected chi connectivity index (χ0v) is 7.57. The summed E-state index contributed by atoms with van der Waals surface area (Å²) in [6.07, 6.45) is 1.81. The van der Waals surface area contributed by atoms with Gasteiger partial charge in [0.25, 0.3) is 0 Å². The smallest absolute Gasteiger partial charge is 0.129 e. The summed E-state index contributed by atoms with van der Waals surface area (Å²) in [6.45, 7) is 8.51. The van der Waals surface area contributed by atoms with Crippen molar-refractivity contribution in [2.45, 2.75) is 39.8 Å². The summed E-state index contributed by atoms with van der Waals surface area (Å²) in [5.74, 6) is 0. The molecule has 0 saturated heterocycles. The Balaban J connectivity index is 2.56. The SMILES string of the molecule is CC(C)N1C=NNN1C(C)C. The van der Waals surface area contributed by atoms with E-state index in [9.17, 15) is 0 Å². The van der Waals surface area contributed by atoms with Gasteiger partial charge in [0.2, 0.25) is 0 Å². The van der Waals surface area contributed by atoms with E-state index in [1.54, 1.807) is 0 Å². The zero-order chi connectivity index (χ0) is 8.43. The Morgan fingerprint density at radius 2 is 1.82 bits per heavy atom. The molecule has 0 aromatic carbocycles. The third kappa shape index (κ3) is 1.63. The van der Waals surface area contributed by atoms with Crippen LogP contribution in [-0.2, 0) is 0 Å². The maximum atomic E-state index is 3.97. The topological polar surface area (TPSA) is 30.9 Å². The molecule has 0 bridgehead atoms. The van der Waals surface area contributed by atoms with E-state index in [1.807, 2.05) is 11.5 Å². The van der Waals surface area contributed by atoms with Gasteiger partial charge in [-0.1, -0.05) is 0 Å². The predicted octanol–water partition coefficient (Wildman–Crippen LogP) is 0.784. The number of nitrogens with one attached hydrogen (secondary N) is 1. The largest absolute Gasteiger partial charge is 0.272 e. The Morgan fingerprint density at radius 3 is 2.18 bits per heavy atom. The van der Waals surface area contributed by atoms with Crippen molar-refractivity contribution in [3.05, 3.63) is 0 Å². The zero-order valence-electron chi connectivity index (χ0n) is 7.57. The molecule has 0 saturated carbocycles. The summed E-state index contributed by atoms with van der Waals surface area (Å²) in [7, 11) is 0. The fourth-order valence-electron chi connectivity index (χ4n) is 1.02. The predicted molar refractivity (Wildman–Crippen MR) is 45.6 cm³/mol. The van der Waals surface area contributed by atoms with Crippen LogP contribution in [0.15, 0.2) is 5.10 Å². The van der Waals surface area contributed by atoms with E-state index < -0.39 is 0 Å². The van der Waals surface area contributed by atoms with Gasteiger partial charge >= 0.3 is 0 Å². The summed E-state index contributed by atoms with van der Waals surface area (Å²) in [5.41, 5.74) is 2.92. The number of hydrazine groups is 2. The van der Waals surface area contributed by atoms with Gasteiger partial charge in [-0.2, -0.15) is 5.10 Å². The second-order valence-electron chi connectivity index (χ2n) is 3.26. The lowest BCUT2D eigenvalue weighted by atomic mass is 10.4. The molecule has 0 radical (unpaired) electrons. The first-order valence-electron chi connectivity index (χ1n) is 3.99. The molecule has 4 heteroatoms. The first-order chi connectivity index (χ1) is 5.13. The van der Waals surface area contributed by atoms with Crippen LogP contribution in [0.1, 0.15) is 27.7 Å². The number of hydrogen-bond donors (Lipinski definition) is 1. The summed E-state index contributed by atoms with van der Waals surface area (Å²) < 4.78 is 0. The van der Waals surface area contributed by atoms with Crippen molar-refractivity contribution in [3.63, 3.8) is 0 Å². The average Bonchev–Trinajstić information content (AvgIpc) is 2.32. The lowest BCUT2D eigenvalue weighted by Crippen LogP contribution is -2.50. The number of hydrazone groups is 1. The first kappa shape index (κ1) is 8.33. The van der Waals surface area contributed by atoms with Gasteiger partial charge < -0.3 is 0 Å². The molecule has 1 aliphatic rings. The fourth-order valence-corrected chi connectivity index (χ4v) is 1.02. The van der Waals surface area contributed by atoms with Gasteiger partial charge in [-0.25, -0.2) is 5.53 Å². The van der Waals surface area contributed by atoms with Crippen LogP contribution >= 0.6 is 0 Å². The third-order valence-corrected chi connectivity index (χ3v) is 1.60. The van der Waals surface area contributed by atoms with Crippen LogP contribution in [0.4, 0.5) is 0 Å². The molecule has 0 aromatic rings. The molecule has 0 amide bonds. The van der Waals surface area contributed by atoms with Gasteiger partial charge in [0.1, 0.15) is 6.34 Å². The van der Waals surface area contributed by atoms with Crippen LogP contribution in [0.2, 0.25) is 0 Å². The molecule has 1 N–H and O–H groups in total. The molecule has 0 aromatic heterocycles. The molecule has 0 fully saturated rings. The van der Waals surface area contributed by atoms with E-state index in [0.29, 0.717) is 12.1 Å². The van der Waals surface area contributed by atoms with Crippen molar-refractivity contribution in [2.75, 3.05) is 0 Å². The first-order valence-corrected chi connectivity index (χ1v) is 3.99. The van der Waals surface area contributed by atoms with Gasteiger partial charge in [0.05, 0.1) is 0 Å². The highest BCUT2D eigenvalue weighted by Gasteiger charge is 2.21. The van der Waals surface area contributed by atoms with Crippen molar-refractivity contribution >= 4 is 6.34 Å². The molecule has 0 spiro atoms. The van der Waals surface area contributed by atoms with Crippen LogP contribution in [0, 0.1) is 0 Å². The highest BCUT2D eigenvalue weighted by atomic mass is 15.9. The van der Waals surface area contributed by atoms with Crippen molar-refractivity contribution < 1.29 is 0 Å². The lowest BCUT2D eigenvalue weighted by Gasteiger charge is -2.32. The lowest BCUT2D eigenvalue weighted by molar-refractivity contribution is -0.0330. The second-order valence-corrected chi connectivity index (χ2v) is 3.26. The molecule has 0 unspecified atom stereocenters.